The van der Waals surface area contributed by atoms with E-state index in [1.54, 1.807) is 7.11 Å². The van der Waals surface area contributed by atoms with Crippen molar-refractivity contribution in [1.29, 1.82) is 0 Å². The van der Waals surface area contributed by atoms with Gasteiger partial charge in [-0.2, -0.15) is 0 Å². The summed E-state index contributed by atoms with van der Waals surface area (Å²) in [4.78, 5) is 22.0. The SMILES string of the molecule is COc1ccc(CNC(=O)CC(N)C(=O)O)cc1C. The molecule has 0 aliphatic heterocycles. The number of aryl methyl sites for hydroxylation is 1. The fraction of sp³-hybridized carbons (Fsp3) is 0.385. The van der Waals surface area contributed by atoms with E-state index in [-0.39, 0.29) is 12.3 Å². The highest BCUT2D eigenvalue weighted by Crippen LogP contribution is 2.18. The molecule has 1 unspecified atom stereocenters. The van der Waals surface area contributed by atoms with Crippen LogP contribution in [0.2, 0.25) is 0 Å². The van der Waals surface area contributed by atoms with Gasteiger partial charge in [-0.25, -0.2) is 0 Å². The van der Waals surface area contributed by atoms with Gasteiger partial charge in [0.2, 0.25) is 5.91 Å². The van der Waals surface area contributed by atoms with E-state index in [4.69, 9.17) is 15.6 Å². The van der Waals surface area contributed by atoms with Crippen molar-refractivity contribution >= 4 is 11.9 Å². The standard InChI is InChI=1S/C13H18N2O4/c1-8-5-9(3-4-11(8)19-2)7-15-12(16)6-10(14)13(17)18/h3-5,10H,6-7,14H2,1-2H3,(H,15,16)(H,17,18). The molecule has 1 amide bonds. The number of carboxylic acids is 1. The molecular formula is C13H18N2O4. The molecule has 0 aliphatic rings. The molecule has 19 heavy (non-hydrogen) atoms. The zero-order valence-electron chi connectivity index (χ0n) is 11.0. The molecular weight excluding hydrogens is 248 g/mol. The molecule has 0 bridgehead atoms. The summed E-state index contributed by atoms with van der Waals surface area (Å²) in [6, 6.07) is 4.39. The molecule has 4 N–H and O–H groups in total. The maximum Gasteiger partial charge on any atom is 0.321 e. The number of nitrogens with one attached hydrogen (secondary N) is 1. The third-order valence-corrected chi connectivity index (χ3v) is 2.67. The van der Waals surface area contributed by atoms with Gasteiger partial charge in [-0.3, -0.25) is 9.59 Å². The van der Waals surface area contributed by atoms with Gasteiger partial charge in [0.25, 0.3) is 0 Å². The molecule has 0 fully saturated rings. The average Bonchev–Trinajstić information content (AvgIpc) is 2.36. The molecule has 0 aromatic heterocycles. The zero-order valence-corrected chi connectivity index (χ0v) is 11.0. The molecule has 0 heterocycles. The van der Waals surface area contributed by atoms with E-state index in [2.05, 4.69) is 5.32 Å². The number of rotatable bonds is 6. The first-order valence-electron chi connectivity index (χ1n) is 5.82. The lowest BCUT2D eigenvalue weighted by Crippen LogP contribution is -2.36. The fourth-order valence-corrected chi connectivity index (χ4v) is 1.61. The van der Waals surface area contributed by atoms with E-state index < -0.39 is 12.0 Å². The van der Waals surface area contributed by atoms with Gasteiger partial charge in [0.15, 0.2) is 0 Å². The first-order chi connectivity index (χ1) is 8.93. The number of hydrogen-bond acceptors (Lipinski definition) is 4. The third-order valence-electron chi connectivity index (χ3n) is 2.67. The Morgan fingerprint density at radius 1 is 1.47 bits per heavy atom. The Bertz CT molecular complexity index is 474. The molecule has 104 valence electrons. The van der Waals surface area contributed by atoms with E-state index >= 15 is 0 Å². The van der Waals surface area contributed by atoms with Crippen LogP contribution < -0.4 is 15.8 Å². The Balaban J connectivity index is 2.50. The van der Waals surface area contributed by atoms with E-state index in [0.29, 0.717) is 6.54 Å². The predicted octanol–water partition coefficient (Wildman–Crippen LogP) is 0.422. The number of carbonyl (C=O) groups excluding carboxylic acids is 1. The third kappa shape index (κ3) is 4.59. The Kier molecular flexibility index (Phi) is 5.32. The topological polar surface area (TPSA) is 102 Å². The van der Waals surface area contributed by atoms with Crippen molar-refractivity contribution in [2.45, 2.75) is 25.9 Å². The molecule has 0 saturated carbocycles. The number of hydrogen-bond donors (Lipinski definition) is 3. The molecule has 6 nitrogen and oxygen atoms in total. The molecule has 1 atom stereocenters. The quantitative estimate of drug-likeness (QED) is 0.692. The van der Waals surface area contributed by atoms with Gasteiger partial charge in [-0.05, 0) is 24.1 Å². The molecule has 0 radical (unpaired) electrons. The van der Waals surface area contributed by atoms with Crippen LogP contribution in [0.15, 0.2) is 18.2 Å². The van der Waals surface area contributed by atoms with Crippen LogP contribution in [0.5, 0.6) is 5.75 Å². The number of methoxy groups -OCH3 is 1. The molecule has 1 rings (SSSR count). The molecule has 0 aliphatic carbocycles. The van der Waals surface area contributed by atoms with Gasteiger partial charge in [0.05, 0.1) is 13.5 Å². The maximum absolute atomic E-state index is 11.5. The number of carbonyl (C=O) groups is 2. The lowest BCUT2D eigenvalue weighted by atomic mass is 10.1. The summed E-state index contributed by atoms with van der Waals surface area (Å²) in [7, 11) is 1.59. The first kappa shape index (κ1) is 15.0. The number of nitrogens with two attached hydrogens (primary N) is 1. The highest BCUT2D eigenvalue weighted by Gasteiger charge is 2.15. The largest absolute Gasteiger partial charge is 0.496 e. The van der Waals surface area contributed by atoms with E-state index in [1.165, 1.54) is 0 Å². The summed E-state index contributed by atoms with van der Waals surface area (Å²) in [6.07, 6.45) is -0.232. The molecule has 6 heteroatoms. The van der Waals surface area contributed by atoms with Crippen molar-refractivity contribution in [2.75, 3.05) is 7.11 Å². The van der Waals surface area contributed by atoms with E-state index in [1.807, 2.05) is 25.1 Å². The van der Waals surface area contributed by atoms with Gasteiger partial charge in [0, 0.05) is 6.54 Å². The van der Waals surface area contributed by atoms with Gasteiger partial charge >= 0.3 is 5.97 Å². The van der Waals surface area contributed by atoms with Crippen LogP contribution in [-0.4, -0.2) is 30.1 Å². The van der Waals surface area contributed by atoms with Crippen LogP contribution in [0.25, 0.3) is 0 Å². The summed E-state index contributed by atoms with van der Waals surface area (Å²) >= 11 is 0. The highest BCUT2D eigenvalue weighted by atomic mass is 16.5. The van der Waals surface area contributed by atoms with Crippen molar-refractivity contribution in [3.8, 4) is 5.75 Å². The highest BCUT2D eigenvalue weighted by molar-refractivity contribution is 5.84. The Hall–Kier alpha value is -2.08. The van der Waals surface area contributed by atoms with Gasteiger partial charge < -0.3 is 20.9 Å². The van der Waals surface area contributed by atoms with Crippen LogP contribution in [0.1, 0.15) is 17.5 Å². The minimum Gasteiger partial charge on any atom is -0.496 e. The molecule has 0 spiro atoms. The molecule has 0 saturated heterocycles. The Morgan fingerprint density at radius 2 is 2.16 bits per heavy atom. The molecule has 1 aromatic rings. The number of benzene rings is 1. The lowest BCUT2D eigenvalue weighted by Gasteiger charge is -2.10. The smallest absolute Gasteiger partial charge is 0.321 e. The molecule has 1 aromatic carbocycles. The van der Waals surface area contributed by atoms with Crippen LogP contribution >= 0.6 is 0 Å². The second-order valence-corrected chi connectivity index (χ2v) is 4.23. The van der Waals surface area contributed by atoms with Crippen molar-refractivity contribution in [1.82, 2.24) is 5.32 Å². The second-order valence-electron chi connectivity index (χ2n) is 4.23. The number of ether oxygens (including phenoxy) is 1. The zero-order chi connectivity index (χ0) is 14.4. The van der Waals surface area contributed by atoms with Crippen molar-refractivity contribution in [3.05, 3.63) is 29.3 Å². The minimum absolute atomic E-state index is 0.232. The van der Waals surface area contributed by atoms with Crippen LogP contribution in [0, 0.1) is 6.92 Å². The maximum atomic E-state index is 11.5. The second kappa shape index (κ2) is 6.75. The van der Waals surface area contributed by atoms with Crippen LogP contribution in [0.4, 0.5) is 0 Å². The Labute approximate surface area is 111 Å². The monoisotopic (exact) mass is 266 g/mol. The van der Waals surface area contributed by atoms with E-state index in [0.717, 1.165) is 16.9 Å². The van der Waals surface area contributed by atoms with E-state index in [9.17, 15) is 9.59 Å². The number of amides is 1. The summed E-state index contributed by atoms with van der Waals surface area (Å²) < 4.78 is 5.14. The van der Waals surface area contributed by atoms with Gasteiger partial charge in [0.1, 0.15) is 11.8 Å². The summed E-state index contributed by atoms with van der Waals surface area (Å²) in [5, 5.41) is 11.2. The normalized spacial score (nSPS) is 11.7. The Morgan fingerprint density at radius 3 is 2.68 bits per heavy atom. The minimum atomic E-state index is -1.18. The number of carboxylic acid groups (broad SMARTS) is 1. The summed E-state index contributed by atoms with van der Waals surface area (Å²) in [6.45, 7) is 2.24. The van der Waals surface area contributed by atoms with Crippen LogP contribution in [0.3, 0.4) is 0 Å². The van der Waals surface area contributed by atoms with Crippen molar-refractivity contribution in [2.24, 2.45) is 5.73 Å². The number of aliphatic carboxylic acids is 1. The van der Waals surface area contributed by atoms with Crippen LogP contribution in [-0.2, 0) is 16.1 Å². The van der Waals surface area contributed by atoms with Gasteiger partial charge in [-0.15, -0.1) is 0 Å². The average molecular weight is 266 g/mol. The lowest BCUT2D eigenvalue weighted by molar-refractivity contribution is -0.140. The van der Waals surface area contributed by atoms with Gasteiger partial charge in [-0.1, -0.05) is 12.1 Å². The van der Waals surface area contributed by atoms with Crippen molar-refractivity contribution in [3.63, 3.8) is 0 Å². The van der Waals surface area contributed by atoms with Crippen molar-refractivity contribution < 1.29 is 19.4 Å². The fourth-order valence-electron chi connectivity index (χ4n) is 1.61. The summed E-state index contributed by atoms with van der Waals surface area (Å²) in [5.74, 6) is -0.790. The summed E-state index contributed by atoms with van der Waals surface area (Å²) in [5.41, 5.74) is 7.15. The predicted molar refractivity (Wildman–Crippen MR) is 69.8 cm³/mol. The first-order valence-corrected chi connectivity index (χ1v) is 5.82.